The highest BCUT2D eigenvalue weighted by molar-refractivity contribution is 6.30. The molecule has 5 heteroatoms. The first-order valence-electron chi connectivity index (χ1n) is 5.64. The van der Waals surface area contributed by atoms with Gasteiger partial charge in [-0.2, -0.15) is 0 Å². The standard InChI is InChI=1S/C13H13ClFN3/c1-7(2)13-17-11(8(3)12(14)18-13)9-4-10(15)6-16-5-9/h4-7H,1-3H3. The van der Waals surface area contributed by atoms with E-state index in [0.717, 1.165) is 11.8 Å². The lowest BCUT2D eigenvalue weighted by molar-refractivity contribution is 0.622. The van der Waals surface area contributed by atoms with E-state index in [1.54, 1.807) is 6.20 Å². The largest absolute Gasteiger partial charge is 0.261 e. The minimum absolute atomic E-state index is 0.156. The number of nitrogens with zero attached hydrogens (tertiary/aromatic N) is 3. The van der Waals surface area contributed by atoms with Crippen LogP contribution in [0.5, 0.6) is 0 Å². The van der Waals surface area contributed by atoms with Gasteiger partial charge in [0.05, 0.1) is 11.9 Å². The predicted molar refractivity (Wildman–Crippen MR) is 69.1 cm³/mol. The molecule has 0 unspecified atom stereocenters. The Hall–Kier alpha value is -1.55. The molecular formula is C13H13ClFN3. The Morgan fingerprint density at radius 3 is 2.56 bits per heavy atom. The summed E-state index contributed by atoms with van der Waals surface area (Å²) in [6, 6.07) is 1.39. The van der Waals surface area contributed by atoms with E-state index in [4.69, 9.17) is 11.6 Å². The van der Waals surface area contributed by atoms with Crippen LogP contribution in [0.4, 0.5) is 4.39 Å². The lowest BCUT2D eigenvalue weighted by Crippen LogP contribution is -2.02. The van der Waals surface area contributed by atoms with E-state index in [-0.39, 0.29) is 5.92 Å². The SMILES string of the molecule is Cc1c(Cl)nc(C(C)C)nc1-c1cncc(F)c1. The molecule has 0 fully saturated rings. The van der Waals surface area contributed by atoms with Gasteiger partial charge in [0, 0.05) is 23.2 Å². The zero-order valence-electron chi connectivity index (χ0n) is 10.4. The topological polar surface area (TPSA) is 38.7 Å². The summed E-state index contributed by atoms with van der Waals surface area (Å²) in [5.41, 5.74) is 1.97. The van der Waals surface area contributed by atoms with Crippen LogP contribution >= 0.6 is 11.6 Å². The number of pyridine rings is 1. The molecule has 0 aromatic carbocycles. The maximum atomic E-state index is 13.2. The average Bonchev–Trinajstić information content (AvgIpc) is 2.32. The molecule has 0 spiro atoms. The van der Waals surface area contributed by atoms with E-state index in [1.807, 2.05) is 20.8 Å². The molecule has 0 aliphatic rings. The van der Waals surface area contributed by atoms with Gasteiger partial charge in [-0.25, -0.2) is 14.4 Å². The van der Waals surface area contributed by atoms with Crippen LogP contribution < -0.4 is 0 Å². The first-order chi connectivity index (χ1) is 8.49. The van der Waals surface area contributed by atoms with Crippen molar-refractivity contribution >= 4 is 11.6 Å². The fourth-order valence-electron chi connectivity index (χ4n) is 1.59. The van der Waals surface area contributed by atoms with Crippen molar-refractivity contribution in [2.75, 3.05) is 0 Å². The molecule has 0 bridgehead atoms. The van der Waals surface area contributed by atoms with Crippen LogP contribution in [-0.4, -0.2) is 15.0 Å². The lowest BCUT2D eigenvalue weighted by Gasteiger charge is -2.11. The molecule has 2 rings (SSSR count). The highest BCUT2D eigenvalue weighted by atomic mass is 35.5. The van der Waals surface area contributed by atoms with Gasteiger partial charge in [-0.15, -0.1) is 0 Å². The summed E-state index contributed by atoms with van der Waals surface area (Å²) in [6.45, 7) is 5.77. The van der Waals surface area contributed by atoms with Crippen molar-refractivity contribution in [1.29, 1.82) is 0 Å². The van der Waals surface area contributed by atoms with E-state index >= 15 is 0 Å². The van der Waals surface area contributed by atoms with Gasteiger partial charge < -0.3 is 0 Å². The van der Waals surface area contributed by atoms with Crippen LogP contribution in [0.3, 0.4) is 0 Å². The summed E-state index contributed by atoms with van der Waals surface area (Å²) in [5.74, 6) is 0.404. The van der Waals surface area contributed by atoms with E-state index < -0.39 is 5.82 Å². The zero-order valence-corrected chi connectivity index (χ0v) is 11.2. The fraction of sp³-hybridized carbons (Fsp3) is 0.308. The minimum Gasteiger partial charge on any atom is -0.261 e. The maximum Gasteiger partial charge on any atom is 0.142 e. The van der Waals surface area contributed by atoms with E-state index in [1.165, 1.54) is 6.07 Å². The fourth-order valence-corrected chi connectivity index (χ4v) is 1.76. The molecular weight excluding hydrogens is 253 g/mol. The molecule has 3 nitrogen and oxygen atoms in total. The monoisotopic (exact) mass is 265 g/mol. The van der Waals surface area contributed by atoms with Crippen LogP contribution in [0.2, 0.25) is 5.15 Å². The summed E-state index contributed by atoms with van der Waals surface area (Å²) in [5, 5.41) is 0.396. The average molecular weight is 266 g/mol. The first kappa shape index (κ1) is 12.9. The zero-order chi connectivity index (χ0) is 13.3. The Balaban J connectivity index is 2.63. The van der Waals surface area contributed by atoms with Gasteiger partial charge in [-0.3, -0.25) is 4.98 Å². The predicted octanol–water partition coefficient (Wildman–Crippen LogP) is 3.76. The van der Waals surface area contributed by atoms with Gasteiger partial charge in [-0.05, 0) is 13.0 Å². The number of halogens is 2. The third kappa shape index (κ3) is 2.48. The first-order valence-corrected chi connectivity index (χ1v) is 6.01. The van der Waals surface area contributed by atoms with Gasteiger partial charge in [0.25, 0.3) is 0 Å². The summed E-state index contributed by atoms with van der Waals surface area (Å²) >= 11 is 6.09. The molecule has 0 atom stereocenters. The normalized spacial score (nSPS) is 11.0. The smallest absolute Gasteiger partial charge is 0.142 e. The third-order valence-electron chi connectivity index (χ3n) is 2.60. The van der Waals surface area contributed by atoms with Crippen molar-refractivity contribution in [1.82, 2.24) is 15.0 Å². The molecule has 0 aliphatic carbocycles. The van der Waals surface area contributed by atoms with Crippen LogP contribution in [0, 0.1) is 12.7 Å². The Morgan fingerprint density at radius 1 is 1.22 bits per heavy atom. The molecule has 2 aromatic rings. The highest BCUT2D eigenvalue weighted by Crippen LogP contribution is 2.27. The maximum absolute atomic E-state index is 13.2. The Kier molecular flexibility index (Phi) is 3.57. The van der Waals surface area contributed by atoms with Crippen molar-refractivity contribution in [2.24, 2.45) is 0 Å². The summed E-state index contributed by atoms with van der Waals surface area (Å²) in [4.78, 5) is 12.5. The summed E-state index contributed by atoms with van der Waals surface area (Å²) < 4.78 is 13.2. The molecule has 94 valence electrons. The molecule has 0 aliphatic heterocycles. The Labute approximate surface area is 110 Å². The third-order valence-corrected chi connectivity index (χ3v) is 2.97. The van der Waals surface area contributed by atoms with Gasteiger partial charge >= 0.3 is 0 Å². The molecule has 2 heterocycles. The number of hydrogen-bond donors (Lipinski definition) is 0. The molecule has 2 aromatic heterocycles. The minimum atomic E-state index is -0.396. The van der Waals surface area contributed by atoms with Crippen LogP contribution in [-0.2, 0) is 0 Å². The number of aromatic nitrogens is 3. The van der Waals surface area contributed by atoms with Crippen molar-refractivity contribution in [3.05, 3.63) is 40.8 Å². The van der Waals surface area contributed by atoms with Crippen molar-refractivity contribution < 1.29 is 4.39 Å². The molecule has 0 saturated heterocycles. The quantitative estimate of drug-likeness (QED) is 0.776. The van der Waals surface area contributed by atoms with Crippen LogP contribution in [0.25, 0.3) is 11.3 Å². The molecule has 18 heavy (non-hydrogen) atoms. The second-order valence-corrected chi connectivity index (χ2v) is 4.75. The van der Waals surface area contributed by atoms with E-state index in [2.05, 4.69) is 15.0 Å². The van der Waals surface area contributed by atoms with Gasteiger partial charge in [0.15, 0.2) is 0 Å². The molecule has 0 amide bonds. The second kappa shape index (κ2) is 4.98. The second-order valence-electron chi connectivity index (χ2n) is 4.39. The van der Waals surface area contributed by atoms with E-state index in [0.29, 0.717) is 22.2 Å². The summed E-state index contributed by atoms with van der Waals surface area (Å²) in [7, 11) is 0. The molecule has 0 radical (unpaired) electrons. The van der Waals surface area contributed by atoms with Crippen LogP contribution in [0.1, 0.15) is 31.2 Å². The van der Waals surface area contributed by atoms with E-state index in [9.17, 15) is 4.39 Å². The van der Waals surface area contributed by atoms with Crippen LogP contribution in [0.15, 0.2) is 18.5 Å². The van der Waals surface area contributed by atoms with Gasteiger partial charge in [0.1, 0.15) is 16.8 Å². The Morgan fingerprint density at radius 2 is 1.94 bits per heavy atom. The van der Waals surface area contributed by atoms with Gasteiger partial charge in [-0.1, -0.05) is 25.4 Å². The number of hydrogen-bond acceptors (Lipinski definition) is 3. The van der Waals surface area contributed by atoms with Crippen molar-refractivity contribution in [3.8, 4) is 11.3 Å². The molecule has 0 N–H and O–H groups in total. The Bertz CT molecular complexity index is 584. The van der Waals surface area contributed by atoms with Crippen molar-refractivity contribution in [3.63, 3.8) is 0 Å². The number of rotatable bonds is 2. The molecule has 0 saturated carbocycles. The highest BCUT2D eigenvalue weighted by Gasteiger charge is 2.13. The lowest BCUT2D eigenvalue weighted by atomic mass is 10.1. The van der Waals surface area contributed by atoms with Crippen molar-refractivity contribution in [2.45, 2.75) is 26.7 Å². The van der Waals surface area contributed by atoms with Gasteiger partial charge in [0.2, 0.25) is 0 Å². The summed E-state index contributed by atoms with van der Waals surface area (Å²) in [6.07, 6.45) is 2.73.